The molecule has 26 heavy (non-hydrogen) atoms. The van der Waals surface area contributed by atoms with Gasteiger partial charge in [0.05, 0.1) is 16.5 Å². The fourth-order valence-electron chi connectivity index (χ4n) is 3.38. The summed E-state index contributed by atoms with van der Waals surface area (Å²) in [6, 6.07) is 23.6. The van der Waals surface area contributed by atoms with Crippen LogP contribution in [0.5, 0.6) is 0 Å². The van der Waals surface area contributed by atoms with Gasteiger partial charge < -0.3 is 10.6 Å². The number of aromatic amines is 1. The second-order valence-corrected chi connectivity index (χ2v) is 6.79. The van der Waals surface area contributed by atoms with Gasteiger partial charge >= 0.3 is 0 Å². The van der Waals surface area contributed by atoms with Crippen LogP contribution >= 0.6 is 0 Å². The summed E-state index contributed by atoms with van der Waals surface area (Å²) in [6.07, 6.45) is 0. The molecule has 3 aromatic carbocycles. The standard InChI is InChI=1S/C23H23N3/c1-16-7-10-19(11-8-16)24-13-14-25-22-15-17(2)26-23-20-6-4-3-5-18(20)9-12-21(22)23/h3-12,15,24H,13-14H2,1-2H3,(H,25,26)/p+1. The van der Waals surface area contributed by atoms with Crippen molar-refractivity contribution in [3.05, 3.63) is 78.0 Å². The van der Waals surface area contributed by atoms with Crippen LogP contribution in [0.2, 0.25) is 0 Å². The van der Waals surface area contributed by atoms with Crippen LogP contribution in [0, 0.1) is 13.8 Å². The van der Waals surface area contributed by atoms with E-state index in [1.54, 1.807) is 0 Å². The van der Waals surface area contributed by atoms with Crippen molar-refractivity contribution < 1.29 is 4.98 Å². The Kier molecular flexibility index (Phi) is 4.44. The van der Waals surface area contributed by atoms with Gasteiger partial charge in [0.15, 0.2) is 5.69 Å². The quantitative estimate of drug-likeness (QED) is 0.398. The van der Waals surface area contributed by atoms with Crippen LogP contribution in [0.1, 0.15) is 11.3 Å². The fourth-order valence-corrected chi connectivity index (χ4v) is 3.38. The lowest BCUT2D eigenvalue weighted by Crippen LogP contribution is -2.16. The smallest absolute Gasteiger partial charge is 0.221 e. The van der Waals surface area contributed by atoms with Gasteiger partial charge in [0.2, 0.25) is 5.52 Å². The number of benzene rings is 3. The molecule has 0 bridgehead atoms. The van der Waals surface area contributed by atoms with Crippen molar-refractivity contribution in [1.29, 1.82) is 0 Å². The lowest BCUT2D eigenvalue weighted by molar-refractivity contribution is -0.353. The van der Waals surface area contributed by atoms with Gasteiger partial charge in [-0.15, -0.1) is 0 Å². The lowest BCUT2D eigenvalue weighted by atomic mass is 10.0. The summed E-state index contributed by atoms with van der Waals surface area (Å²) in [5.41, 5.74) is 5.96. The second-order valence-electron chi connectivity index (χ2n) is 6.79. The van der Waals surface area contributed by atoms with E-state index in [0.717, 1.165) is 24.5 Å². The van der Waals surface area contributed by atoms with E-state index in [9.17, 15) is 0 Å². The molecule has 3 heteroatoms. The predicted octanol–water partition coefficient (Wildman–Crippen LogP) is 4.95. The Morgan fingerprint density at radius 1 is 0.769 bits per heavy atom. The average Bonchev–Trinajstić information content (AvgIpc) is 2.66. The molecule has 0 spiro atoms. The minimum absolute atomic E-state index is 0.860. The third-order valence-electron chi connectivity index (χ3n) is 4.72. The van der Waals surface area contributed by atoms with Gasteiger partial charge in [-0.2, -0.15) is 0 Å². The van der Waals surface area contributed by atoms with Crippen molar-refractivity contribution in [2.24, 2.45) is 0 Å². The van der Waals surface area contributed by atoms with Gasteiger partial charge in [-0.05, 0) is 36.6 Å². The van der Waals surface area contributed by atoms with Crippen LogP contribution in [0.15, 0.2) is 66.7 Å². The first-order valence-electron chi connectivity index (χ1n) is 9.09. The molecular weight excluding hydrogens is 318 g/mol. The summed E-state index contributed by atoms with van der Waals surface area (Å²) in [6.45, 7) is 5.95. The molecule has 3 nitrogen and oxygen atoms in total. The maximum atomic E-state index is 3.59. The zero-order valence-electron chi connectivity index (χ0n) is 15.3. The van der Waals surface area contributed by atoms with Gasteiger partial charge in [0.1, 0.15) is 0 Å². The predicted molar refractivity (Wildman–Crippen MR) is 111 cm³/mol. The molecule has 1 heterocycles. The second kappa shape index (κ2) is 7.04. The Hall–Kier alpha value is -3.07. The SMILES string of the molecule is Cc1ccc(NCCNc2cc(C)[nH+]c3c2ccc2ccccc23)cc1. The van der Waals surface area contributed by atoms with Crippen LogP contribution in [0.25, 0.3) is 21.7 Å². The molecule has 4 aromatic rings. The summed E-state index contributed by atoms with van der Waals surface area (Å²) >= 11 is 0. The van der Waals surface area contributed by atoms with Gasteiger partial charge in [-0.3, -0.25) is 0 Å². The van der Waals surface area contributed by atoms with Gasteiger partial charge in [-0.25, -0.2) is 4.98 Å². The molecule has 0 fully saturated rings. The van der Waals surface area contributed by atoms with Crippen LogP contribution < -0.4 is 15.6 Å². The Balaban J connectivity index is 1.54. The van der Waals surface area contributed by atoms with Crippen molar-refractivity contribution in [3.8, 4) is 0 Å². The highest BCUT2D eigenvalue weighted by atomic mass is 15.0. The fraction of sp³-hybridized carbons (Fsp3) is 0.174. The summed E-state index contributed by atoms with van der Waals surface area (Å²) < 4.78 is 0. The van der Waals surface area contributed by atoms with Crippen molar-refractivity contribution in [2.45, 2.75) is 13.8 Å². The van der Waals surface area contributed by atoms with Crippen molar-refractivity contribution in [2.75, 3.05) is 23.7 Å². The lowest BCUT2D eigenvalue weighted by Gasteiger charge is -2.11. The monoisotopic (exact) mass is 342 g/mol. The Bertz CT molecular complexity index is 1050. The number of hydrogen-bond acceptors (Lipinski definition) is 2. The molecule has 0 radical (unpaired) electrons. The molecule has 3 N–H and O–H groups in total. The van der Waals surface area contributed by atoms with Gasteiger partial charge in [0, 0.05) is 31.8 Å². The topological polar surface area (TPSA) is 38.2 Å². The van der Waals surface area contributed by atoms with Crippen molar-refractivity contribution >= 4 is 33.1 Å². The summed E-state index contributed by atoms with van der Waals surface area (Å²) in [5, 5.41) is 10.8. The highest BCUT2D eigenvalue weighted by molar-refractivity contribution is 6.07. The maximum Gasteiger partial charge on any atom is 0.221 e. The molecule has 130 valence electrons. The molecule has 0 unspecified atom stereocenters. The number of pyridine rings is 1. The number of anilines is 2. The molecule has 0 aliphatic heterocycles. The molecule has 0 aliphatic rings. The molecule has 0 saturated carbocycles. The minimum atomic E-state index is 0.860. The third-order valence-corrected chi connectivity index (χ3v) is 4.72. The zero-order valence-corrected chi connectivity index (χ0v) is 15.3. The first kappa shape index (κ1) is 16.4. The van der Waals surface area contributed by atoms with Crippen LogP contribution in [-0.2, 0) is 0 Å². The number of aromatic nitrogens is 1. The molecule has 1 aromatic heterocycles. The van der Waals surface area contributed by atoms with Crippen LogP contribution in [0.3, 0.4) is 0 Å². The van der Waals surface area contributed by atoms with E-state index in [4.69, 9.17) is 0 Å². The summed E-state index contributed by atoms with van der Waals surface area (Å²) in [7, 11) is 0. The highest BCUT2D eigenvalue weighted by Gasteiger charge is 2.12. The molecule has 4 rings (SSSR count). The minimum Gasteiger partial charge on any atom is -0.383 e. The summed E-state index contributed by atoms with van der Waals surface area (Å²) in [4.78, 5) is 3.54. The molecule has 0 aliphatic carbocycles. The average molecular weight is 342 g/mol. The number of nitrogens with one attached hydrogen (secondary N) is 3. The van der Waals surface area contributed by atoms with Crippen molar-refractivity contribution in [3.63, 3.8) is 0 Å². The third kappa shape index (κ3) is 3.33. The number of rotatable bonds is 5. The van der Waals surface area contributed by atoms with E-state index in [-0.39, 0.29) is 0 Å². The van der Waals surface area contributed by atoms with Crippen LogP contribution in [0.4, 0.5) is 11.4 Å². The first-order chi connectivity index (χ1) is 12.7. The van der Waals surface area contributed by atoms with E-state index < -0.39 is 0 Å². The normalized spacial score (nSPS) is 11.0. The number of H-pyrrole nitrogens is 1. The first-order valence-corrected chi connectivity index (χ1v) is 9.09. The number of hydrogen-bond donors (Lipinski definition) is 2. The zero-order chi connectivity index (χ0) is 17.9. The van der Waals surface area contributed by atoms with E-state index >= 15 is 0 Å². The number of aryl methyl sites for hydroxylation is 2. The molecular formula is C23H24N3+. The van der Waals surface area contributed by atoms with E-state index in [2.05, 4.69) is 96.2 Å². The number of fused-ring (bicyclic) bond motifs is 3. The summed E-state index contributed by atoms with van der Waals surface area (Å²) in [5.74, 6) is 0. The van der Waals surface area contributed by atoms with Gasteiger partial charge in [0.25, 0.3) is 0 Å². The van der Waals surface area contributed by atoms with E-state index in [0.29, 0.717) is 0 Å². The Morgan fingerprint density at radius 2 is 1.54 bits per heavy atom. The van der Waals surface area contributed by atoms with Crippen LogP contribution in [-0.4, -0.2) is 13.1 Å². The maximum absolute atomic E-state index is 3.59. The van der Waals surface area contributed by atoms with E-state index in [1.165, 1.54) is 32.9 Å². The van der Waals surface area contributed by atoms with Gasteiger partial charge in [-0.1, -0.05) is 42.0 Å². The Labute approximate surface area is 154 Å². The molecule has 0 amide bonds. The Morgan fingerprint density at radius 3 is 2.38 bits per heavy atom. The molecule has 0 atom stereocenters. The molecule has 0 saturated heterocycles. The highest BCUT2D eigenvalue weighted by Crippen LogP contribution is 2.27. The largest absolute Gasteiger partial charge is 0.383 e. The van der Waals surface area contributed by atoms with E-state index in [1.807, 2.05) is 0 Å². The van der Waals surface area contributed by atoms with Crippen molar-refractivity contribution in [1.82, 2.24) is 0 Å².